The maximum Gasteiger partial charge on any atom is 0.0515 e. The van der Waals surface area contributed by atoms with Gasteiger partial charge in [0.15, 0.2) is 0 Å². The zero-order chi connectivity index (χ0) is 12.5. The quantitative estimate of drug-likeness (QED) is 0.854. The Morgan fingerprint density at radius 3 is 2.76 bits per heavy atom. The summed E-state index contributed by atoms with van der Waals surface area (Å²) in [4.78, 5) is 2.51. The Morgan fingerprint density at radius 2 is 2.06 bits per heavy atom. The van der Waals surface area contributed by atoms with Crippen LogP contribution in [0.1, 0.15) is 27.2 Å². The third kappa shape index (κ3) is 2.83. The van der Waals surface area contributed by atoms with Gasteiger partial charge in [-0.15, -0.1) is 0 Å². The Kier molecular flexibility index (Phi) is 3.79. The largest absolute Gasteiger partial charge is 0.364 e. The predicted octanol–water partition coefficient (Wildman–Crippen LogP) is 3.42. The molecule has 94 valence electrons. The highest BCUT2D eigenvalue weighted by atomic mass is 79.9. The molecule has 17 heavy (non-hydrogen) atoms. The molecule has 3 heteroatoms. The van der Waals surface area contributed by atoms with Crippen LogP contribution in [0.25, 0.3) is 0 Å². The maximum absolute atomic E-state index is 3.66. The first-order chi connectivity index (χ1) is 8.00. The van der Waals surface area contributed by atoms with Crippen LogP contribution >= 0.6 is 15.9 Å². The molecule has 1 N–H and O–H groups in total. The molecule has 0 aromatic heterocycles. The van der Waals surface area contributed by atoms with E-state index >= 15 is 0 Å². The van der Waals surface area contributed by atoms with Gasteiger partial charge in [-0.25, -0.2) is 0 Å². The minimum atomic E-state index is 0.147. The van der Waals surface area contributed by atoms with Gasteiger partial charge in [-0.1, -0.05) is 12.1 Å². The molecule has 2 rings (SSSR count). The molecule has 1 heterocycles. The van der Waals surface area contributed by atoms with Gasteiger partial charge in [0, 0.05) is 29.1 Å². The second kappa shape index (κ2) is 4.99. The molecule has 0 bridgehead atoms. The molecule has 0 spiro atoms. The van der Waals surface area contributed by atoms with Crippen molar-refractivity contribution in [3.63, 3.8) is 0 Å². The van der Waals surface area contributed by atoms with E-state index in [4.69, 9.17) is 0 Å². The highest BCUT2D eigenvalue weighted by molar-refractivity contribution is 9.10. The average molecular weight is 297 g/mol. The van der Waals surface area contributed by atoms with Gasteiger partial charge in [0.1, 0.15) is 0 Å². The molecule has 1 saturated heterocycles. The van der Waals surface area contributed by atoms with E-state index in [9.17, 15) is 0 Å². The van der Waals surface area contributed by atoms with E-state index in [-0.39, 0.29) is 5.54 Å². The molecule has 2 nitrogen and oxygen atoms in total. The third-order valence-electron chi connectivity index (χ3n) is 3.54. The summed E-state index contributed by atoms with van der Waals surface area (Å²) in [5, 5.41) is 3.60. The summed E-state index contributed by atoms with van der Waals surface area (Å²) in [5.74, 6) is 0. The molecule has 1 aromatic carbocycles. The van der Waals surface area contributed by atoms with Crippen LogP contribution in [0.4, 0.5) is 5.69 Å². The van der Waals surface area contributed by atoms with E-state index in [1.165, 1.54) is 16.6 Å². The molecule has 1 atom stereocenters. The topological polar surface area (TPSA) is 15.3 Å². The summed E-state index contributed by atoms with van der Waals surface area (Å²) >= 11 is 3.66. The fourth-order valence-electron chi connectivity index (χ4n) is 2.36. The van der Waals surface area contributed by atoms with Crippen LogP contribution in [-0.4, -0.2) is 24.7 Å². The zero-order valence-electron chi connectivity index (χ0n) is 10.8. The minimum Gasteiger partial charge on any atom is -0.364 e. The smallest absolute Gasteiger partial charge is 0.0515 e. The van der Waals surface area contributed by atoms with Gasteiger partial charge in [0.25, 0.3) is 0 Å². The van der Waals surface area contributed by atoms with Gasteiger partial charge in [0.2, 0.25) is 0 Å². The lowest BCUT2D eigenvalue weighted by Crippen LogP contribution is -2.49. The Balaban J connectivity index is 2.32. The number of hydrogen-bond donors (Lipinski definition) is 1. The lowest BCUT2D eigenvalue weighted by Gasteiger charge is -2.39. The molecular formula is C14H21BrN2. The molecule has 1 aliphatic rings. The summed E-state index contributed by atoms with van der Waals surface area (Å²) < 4.78 is 1.18. The zero-order valence-corrected chi connectivity index (χ0v) is 12.4. The van der Waals surface area contributed by atoms with Crippen molar-refractivity contribution >= 4 is 21.6 Å². The van der Waals surface area contributed by atoms with Gasteiger partial charge in [0.05, 0.1) is 5.69 Å². The summed E-state index contributed by atoms with van der Waals surface area (Å²) in [6.45, 7) is 8.99. The van der Waals surface area contributed by atoms with E-state index < -0.39 is 0 Å². The molecule has 0 radical (unpaired) electrons. The Morgan fingerprint density at radius 1 is 1.35 bits per heavy atom. The molecule has 1 aromatic rings. The molecule has 0 aliphatic carbocycles. The van der Waals surface area contributed by atoms with Gasteiger partial charge in [-0.05, 0) is 55.3 Å². The standard InChI is InChI=1S/C14H21BrN2/c1-11-8-9-17(14(2,3)10-16-11)13-7-5-4-6-12(13)15/h4-7,11,16H,8-10H2,1-3H3. The van der Waals surface area contributed by atoms with Crippen LogP contribution in [-0.2, 0) is 0 Å². The first-order valence-corrected chi connectivity index (χ1v) is 7.05. The van der Waals surface area contributed by atoms with Gasteiger partial charge < -0.3 is 10.2 Å². The lowest BCUT2D eigenvalue weighted by atomic mass is 10.0. The van der Waals surface area contributed by atoms with Crippen molar-refractivity contribution in [2.24, 2.45) is 0 Å². The van der Waals surface area contributed by atoms with Crippen LogP contribution in [0, 0.1) is 0 Å². The van der Waals surface area contributed by atoms with Crippen molar-refractivity contribution in [2.75, 3.05) is 18.0 Å². The van der Waals surface area contributed by atoms with E-state index in [1.54, 1.807) is 0 Å². The van der Waals surface area contributed by atoms with Crippen LogP contribution in [0.15, 0.2) is 28.7 Å². The summed E-state index contributed by atoms with van der Waals surface area (Å²) in [5.41, 5.74) is 1.45. The predicted molar refractivity (Wildman–Crippen MR) is 77.6 cm³/mol. The normalized spacial score (nSPS) is 24.5. The Labute approximate surface area is 113 Å². The number of anilines is 1. The molecule has 1 aliphatic heterocycles. The number of nitrogens with one attached hydrogen (secondary N) is 1. The van der Waals surface area contributed by atoms with Crippen molar-refractivity contribution in [3.05, 3.63) is 28.7 Å². The van der Waals surface area contributed by atoms with Crippen molar-refractivity contribution in [1.82, 2.24) is 5.32 Å². The Hall–Kier alpha value is -0.540. The molecule has 0 amide bonds. The van der Waals surface area contributed by atoms with E-state index in [1.807, 2.05) is 0 Å². The van der Waals surface area contributed by atoms with Gasteiger partial charge in [-0.2, -0.15) is 0 Å². The van der Waals surface area contributed by atoms with Crippen molar-refractivity contribution < 1.29 is 0 Å². The fourth-order valence-corrected chi connectivity index (χ4v) is 2.86. The van der Waals surface area contributed by atoms with Crippen LogP contribution < -0.4 is 10.2 Å². The minimum absolute atomic E-state index is 0.147. The van der Waals surface area contributed by atoms with E-state index in [0.29, 0.717) is 6.04 Å². The van der Waals surface area contributed by atoms with Gasteiger partial charge >= 0.3 is 0 Å². The van der Waals surface area contributed by atoms with Crippen molar-refractivity contribution in [1.29, 1.82) is 0 Å². The molecule has 0 saturated carbocycles. The van der Waals surface area contributed by atoms with Crippen LogP contribution in [0.2, 0.25) is 0 Å². The lowest BCUT2D eigenvalue weighted by molar-refractivity contribution is 0.447. The van der Waals surface area contributed by atoms with Crippen LogP contribution in [0.5, 0.6) is 0 Å². The van der Waals surface area contributed by atoms with Crippen molar-refractivity contribution in [3.8, 4) is 0 Å². The first-order valence-electron chi connectivity index (χ1n) is 6.26. The average Bonchev–Trinajstić information content (AvgIpc) is 2.40. The summed E-state index contributed by atoms with van der Waals surface area (Å²) in [6.07, 6.45) is 1.19. The number of benzene rings is 1. The highest BCUT2D eigenvalue weighted by Crippen LogP contribution is 2.32. The van der Waals surface area contributed by atoms with Gasteiger partial charge in [-0.3, -0.25) is 0 Å². The second-order valence-corrected chi connectivity index (χ2v) is 6.34. The third-order valence-corrected chi connectivity index (χ3v) is 4.21. The maximum atomic E-state index is 3.66. The van der Waals surface area contributed by atoms with Crippen molar-refractivity contribution in [2.45, 2.75) is 38.8 Å². The number of rotatable bonds is 1. The molecule has 1 unspecified atom stereocenters. The van der Waals surface area contributed by atoms with E-state index in [2.05, 4.69) is 71.2 Å². The molecule has 1 fully saturated rings. The van der Waals surface area contributed by atoms with Crippen LogP contribution in [0.3, 0.4) is 0 Å². The monoisotopic (exact) mass is 296 g/mol. The number of para-hydroxylation sites is 1. The number of halogens is 1. The van der Waals surface area contributed by atoms with E-state index in [0.717, 1.165) is 13.1 Å². The Bertz CT molecular complexity index is 390. The highest BCUT2D eigenvalue weighted by Gasteiger charge is 2.30. The molecular weight excluding hydrogens is 276 g/mol. The number of nitrogens with zero attached hydrogens (tertiary/aromatic N) is 1. The first kappa shape index (κ1) is 12.9. The summed E-state index contributed by atoms with van der Waals surface area (Å²) in [6, 6.07) is 9.09. The number of hydrogen-bond acceptors (Lipinski definition) is 2. The second-order valence-electron chi connectivity index (χ2n) is 5.49. The summed E-state index contributed by atoms with van der Waals surface area (Å²) in [7, 11) is 0. The SMILES string of the molecule is CC1CCN(c2ccccc2Br)C(C)(C)CN1. The fraction of sp³-hybridized carbons (Fsp3) is 0.571.